The Morgan fingerprint density at radius 1 is 1.37 bits per heavy atom. The number of aromatic nitrogens is 1. The molecular weight excluding hydrogens is 246 g/mol. The van der Waals surface area contributed by atoms with Gasteiger partial charge >= 0.3 is 5.97 Å². The number of carbonyl (C=O) groups excluding carboxylic acids is 1. The molecule has 1 fully saturated rings. The number of anilines is 1. The van der Waals surface area contributed by atoms with Crippen LogP contribution in [0.2, 0.25) is 0 Å². The van der Waals surface area contributed by atoms with Crippen LogP contribution in [0, 0.1) is 5.92 Å². The van der Waals surface area contributed by atoms with Gasteiger partial charge in [-0.15, -0.1) is 0 Å². The maximum absolute atomic E-state index is 11.7. The number of hydrogen-bond donors (Lipinski definition) is 3. The normalized spacial score (nSPS) is 21.9. The molecule has 1 saturated carbocycles. The monoisotopic (exact) mass is 263 g/mol. The molecule has 19 heavy (non-hydrogen) atoms. The number of aromatic carboxylic acids is 1. The first-order chi connectivity index (χ1) is 9.11. The molecule has 0 radical (unpaired) electrons. The Balaban J connectivity index is 2.10. The quantitative estimate of drug-likeness (QED) is 0.756. The second kappa shape index (κ2) is 5.69. The van der Waals surface area contributed by atoms with Crippen molar-refractivity contribution in [2.24, 2.45) is 5.92 Å². The van der Waals surface area contributed by atoms with Crippen LogP contribution in [-0.2, 0) is 4.79 Å². The van der Waals surface area contributed by atoms with E-state index in [4.69, 9.17) is 5.11 Å². The smallest absolute Gasteiger partial charge is 0.354 e. The molecule has 2 unspecified atom stereocenters. The topological polar surface area (TPSA) is 91.3 Å². The van der Waals surface area contributed by atoms with E-state index >= 15 is 0 Å². The summed E-state index contributed by atoms with van der Waals surface area (Å²) in [4.78, 5) is 26.6. The van der Waals surface area contributed by atoms with E-state index in [-0.39, 0.29) is 23.6 Å². The summed E-state index contributed by atoms with van der Waals surface area (Å²) in [7, 11) is 1.63. The van der Waals surface area contributed by atoms with Gasteiger partial charge in [-0.3, -0.25) is 4.79 Å². The first-order valence-corrected chi connectivity index (χ1v) is 6.30. The van der Waals surface area contributed by atoms with Crippen LogP contribution in [0.15, 0.2) is 18.2 Å². The number of carbonyl (C=O) groups is 2. The van der Waals surface area contributed by atoms with Crippen LogP contribution in [0.3, 0.4) is 0 Å². The Labute approximate surface area is 111 Å². The first-order valence-electron chi connectivity index (χ1n) is 6.30. The van der Waals surface area contributed by atoms with Gasteiger partial charge < -0.3 is 15.7 Å². The maximum Gasteiger partial charge on any atom is 0.354 e. The predicted octanol–water partition coefficient (Wildman–Crippen LogP) is 1.11. The van der Waals surface area contributed by atoms with Crippen molar-refractivity contribution in [3.63, 3.8) is 0 Å². The van der Waals surface area contributed by atoms with Gasteiger partial charge in [0.15, 0.2) is 5.69 Å². The number of amides is 1. The molecule has 6 nitrogen and oxygen atoms in total. The average molecular weight is 263 g/mol. The Hall–Kier alpha value is -2.11. The van der Waals surface area contributed by atoms with Crippen molar-refractivity contribution in [1.29, 1.82) is 0 Å². The van der Waals surface area contributed by atoms with Crippen molar-refractivity contribution in [2.75, 3.05) is 12.4 Å². The molecule has 102 valence electrons. The first kappa shape index (κ1) is 13.3. The van der Waals surface area contributed by atoms with Crippen LogP contribution in [0.4, 0.5) is 5.82 Å². The third-order valence-corrected chi connectivity index (χ3v) is 3.40. The van der Waals surface area contributed by atoms with Crippen molar-refractivity contribution in [2.45, 2.75) is 25.3 Å². The van der Waals surface area contributed by atoms with Gasteiger partial charge in [0.25, 0.3) is 0 Å². The van der Waals surface area contributed by atoms with Crippen LogP contribution in [0.5, 0.6) is 0 Å². The Bertz CT molecular complexity index is 490. The van der Waals surface area contributed by atoms with E-state index in [2.05, 4.69) is 15.6 Å². The van der Waals surface area contributed by atoms with Gasteiger partial charge in [-0.25, -0.2) is 9.78 Å². The molecule has 1 heterocycles. The number of hydrogen-bond acceptors (Lipinski definition) is 4. The molecule has 3 N–H and O–H groups in total. The molecule has 1 aliphatic rings. The van der Waals surface area contributed by atoms with Gasteiger partial charge in [0, 0.05) is 13.1 Å². The van der Waals surface area contributed by atoms with Crippen LogP contribution in [0.25, 0.3) is 0 Å². The second-order valence-electron chi connectivity index (χ2n) is 4.62. The Kier molecular flexibility index (Phi) is 3.99. The molecule has 0 aromatic carbocycles. The van der Waals surface area contributed by atoms with E-state index in [1.54, 1.807) is 19.2 Å². The predicted molar refractivity (Wildman–Crippen MR) is 70.0 cm³/mol. The summed E-state index contributed by atoms with van der Waals surface area (Å²) in [5.74, 6) is -0.622. The molecule has 2 rings (SSSR count). The summed E-state index contributed by atoms with van der Waals surface area (Å²) in [5, 5.41) is 14.7. The van der Waals surface area contributed by atoms with Crippen LogP contribution in [-0.4, -0.2) is 35.1 Å². The van der Waals surface area contributed by atoms with E-state index in [0.29, 0.717) is 5.82 Å². The summed E-state index contributed by atoms with van der Waals surface area (Å²) >= 11 is 0. The highest BCUT2D eigenvalue weighted by molar-refractivity contribution is 5.85. The molecule has 0 bridgehead atoms. The lowest BCUT2D eigenvalue weighted by molar-refractivity contribution is -0.124. The largest absolute Gasteiger partial charge is 0.477 e. The maximum atomic E-state index is 11.7. The number of rotatable bonds is 4. The van der Waals surface area contributed by atoms with Gasteiger partial charge in [0.2, 0.25) is 5.91 Å². The molecule has 2 atom stereocenters. The lowest BCUT2D eigenvalue weighted by Crippen LogP contribution is -2.36. The number of nitrogens with one attached hydrogen (secondary N) is 2. The van der Waals surface area contributed by atoms with Crippen molar-refractivity contribution >= 4 is 17.7 Å². The van der Waals surface area contributed by atoms with Crippen LogP contribution in [0.1, 0.15) is 29.8 Å². The van der Waals surface area contributed by atoms with E-state index in [9.17, 15) is 9.59 Å². The molecule has 1 aromatic heterocycles. The van der Waals surface area contributed by atoms with Crippen molar-refractivity contribution in [3.05, 3.63) is 23.9 Å². The highest BCUT2D eigenvalue weighted by atomic mass is 16.4. The molecule has 1 aliphatic carbocycles. The zero-order valence-corrected chi connectivity index (χ0v) is 10.7. The second-order valence-corrected chi connectivity index (χ2v) is 4.62. The molecular formula is C13H17N3O3. The van der Waals surface area contributed by atoms with E-state index in [1.165, 1.54) is 6.07 Å². The van der Waals surface area contributed by atoms with Gasteiger partial charge in [0.1, 0.15) is 5.82 Å². The van der Waals surface area contributed by atoms with Gasteiger partial charge in [-0.1, -0.05) is 12.5 Å². The lowest BCUT2D eigenvalue weighted by atomic mass is 10.0. The summed E-state index contributed by atoms with van der Waals surface area (Å²) in [6.45, 7) is 0. The highest BCUT2D eigenvalue weighted by Crippen LogP contribution is 2.28. The highest BCUT2D eigenvalue weighted by Gasteiger charge is 2.32. The SMILES string of the molecule is CNC(=O)C1CCCC1Nc1cccc(C(=O)O)n1. The Morgan fingerprint density at radius 3 is 2.84 bits per heavy atom. The number of nitrogens with zero attached hydrogens (tertiary/aromatic N) is 1. The van der Waals surface area contributed by atoms with E-state index in [1.807, 2.05) is 0 Å². The zero-order valence-electron chi connectivity index (χ0n) is 10.7. The minimum atomic E-state index is -1.06. The standard InChI is InChI=1S/C13H17N3O3/c1-14-12(17)8-4-2-5-9(8)15-11-7-3-6-10(16-11)13(18)19/h3,6-9H,2,4-5H2,1H3,(H,14,17)(H,15,16)(H,18,19). The molecule has 0 saturated heterocycles. The van der Waals surface area contributed by atoms with Gasteiger partial charge in [-0.2, -0.15) is 0 Å². The number of pyridine rings is 1. The zero-order chi connectivity index (χ0) is 13.8. The molecule has 6 heteroatoms. The third-order valence-electron chi connectivity index (χ3n) is 3.40. The summed E-state index contributed by atoms with van der Waals surface area (Å²) in [6.07, 6.45) is 2.71. The summed E-state index contributed by atoms with van der Waals surface area (Å²) < 4.78 is 0. The summed E-state index contributed by atoms with van der Waals surface area (Å²) in [5.41, 5.74) is -0.000472. The molecule has 1 aromatic rings. The van der Waals surface area contributed by atoms with E-state index < -0.39 is 5.97 Å². The molecule has 0 aliphatic heterocycles. The average Bonchev–Trinajstić information content (AvgIpc) is 2.86. The van der Waals surface area contributed by atoms with Crippen LogP contribution >= 0.6 is 0 Å². The fraction of sp³-hybridized carbons (Fsp3) is 0.462. The van der Waals surface area contributed by atoms with Gasteiger partial charge in [0.05, 0.1) is 5.92 Å². The van der Waals surface area contributed by atoms with Crippen LogP contribution < -0.4 is 10.6 Å². The van der Waals surface area contributed by atoms with Crippen molar-refractivity contribution in [3.8, 4) is 0 Å². The minimum Gasteiger partial charge on any atom is -0.477 e. The fourth-order valence-corrected chi connectivity index (χ4v) is 2.46. The van der Waals surface area contributed by atoms with Crippen molar-refractivity contribution in [1.82, 2.24) is 10.3 Å². The summed E-state index contributed by atoms with van der Waals surface area (Å²) in [6, 6.07) is 4.81. The van der Waals surface area contributed by atoms with Crippen molar-refractivity contribution < 1.29 is 14.7 Å². The fourth-order valence-electron chi connectivity index (χ4n) is 2.46. The van der Waals surface area contributed by atoms with Gasteiger partial charge in [-0.05, 0) is 25.0 Å². The minimum absolute atomic E-state index is 0.000472. The van der Waals surface area contributed by atoms with E-state index in [0.717, 1.165) is 19.3 Å². The lowest BCUT2D eigenvalue weighted by Gasteiger charge is -2.20. The third kappa shape index (κ3) is 3.01. The number of carboxylic acids is 1. The number of carboxylic acid groups (broad SMARTS) is 1. The Morgan fingerprint density at radius 2 is 2.16 bits per heavy atom. The molecule has 0 spiro atoms. The molecule has 1 amide bonds.